The molecule has 0 spiro atoms. The minimum atomic E-state index is 0.353. The van der Waals surface area contributed by atoms with Gasteiger partial charge in [-0.15, -0.1) is 0 Å². The van der Waals surface area contributed by atoms with Crippen molar-refractivity contribution in [2.24, 2.45) is 5.92 Å². The molecule has 3 unspecified atom stereocenters. The highest BCUT2D eigenvalue weighted by Gasteiger charge is 2.38. The molecule has 0 amide bonds. The predicted octanol–water partition coefficient (Wildman–Crippen LogP) is 3.51. The van der Waals surface area contributed by atoms with E-state index in [0.717, 1.165) is 17.5 Å². The largest absolute Gasteiger partial charge is 0.506 e. The van der Waals surface area contributed by atoms with Crippen LogP contribution >= 0.6 is 0 Å². The number of fused-ring (bicyclic) bond motifs is 1. The highest BCUT2D eigenvalue weighted by atomic mass is 16.3. The van der Waals surface area contributed by atoms with Gasteiger partial charge in [-0.25, -0.2) is 0 Å². The number of aromatic amines is 1. The molecule has 0 saturated heterocycles. The Morgan fingerprint density at radius 1 is 1.20 bits per heavy atom. The molecular formula is C17H22N2O. The van der Waals surface area contributed by atoms with E-state index in [-0.39, 0.29) is 0 Å². The molecule has 0 radical (unpaired) electrons. The molecule has 2 aliphatic rings. The van der Waals surface area contributed by atoms with E-state index in [0.29, 0.717) is 17.7 Å². The van der Waals surface area contributed by atoms with Gasteiger partial charge in [-0.1, -0.05) is 19.1 Å². The summed E-state index contributed by atoms with van der Waals surface area (Å²) in [6.45, 7) is 2.37. The van der Waals surface area contributed by atoms with Gasteiger partial charge in [-0.2, -0.15) is 0 Å². The average Bonchev–Trinajstić information content (AvgIpc) is 3.04. The maximum Gasteiger partial charge on any atom is 0.139 e. The first kappa shape index (κ1) is 12.3. The first-order valence-electron chi connectivity index (χ1n) is 7.79. The summed E-state index contributed by atoms with van der Waals surface area (Å²) < 4.78 is 0. The highest BCUT2D eigenvalue weighted by molar-refractivity contribution is 5.88. The molecule has 3 N–H and O–H groups in total. The number of hydrogen-bond donors (Lipinski definition) is 3. The Kier molecular flexibility index (Phi) is 2.77. The zero-order valence-corrected chi connectivity index (χ0v) is 11.9. The lowest BCUT2D eigenvalue weighted by Gasteiger charge is -2.24. The molecule has 20 heavy (non-hydrogen) atoms. The molecule has 0 bridgehead atoms. The molecule has 106 valence electrons. The maximum atomic E-state index is 9.95. The van der Waals surface area contributed by atoms with Crippen LogP contribution < -0.4 is 5.32 Å². The average molecular weight is 270 g/mol. The van der Waals surface area contributed by atoms with E-state index in [1.54, 1.807) is 6.07 Å². The fraction of sp³-hybridized carbons (Fsp3) is 0.529. The van der Waals surface area contributed by atoms with E-state index in [9.17, 15) is 5.11 Å². The molecule has 0 aliphatic heterocycles. The summed E-state index contributed by atoms with van der Waals surface area (Å²) in [6, 6.07) is 7.15. The SMILES string of the molecule is CC1CCC(c2c[nH]c3c(O)cccc23)C1NC1CC1. The summed E-state index contributed by atoms with van der Waals surface area (Å²) in [4.78, 5) is 3.26. The Labute approximate surface area is 119 Å². The van der Waals surface area contributed by atoms with Crippen molar-refractivity contribution in [2.45, 2.75) is 50.6 Å². The third kappa shape index (κ3) is 1.92. The summed E-state index contributed by atoms with van der Waals surface area (Å²) >= 11 is 0. The monoisotopic (exact) mass is 270 g/mol. The van der Waals surface area contributed by atoms with Crippen LogP contribution in [0.3, 0.4) is 0 Å². The lowest BCUT2D eigenvalue weighted by Crippen LogP contribution is -2.37. The van der Waals surface area contributed by atoms with Crippen LogP contribution in [0.15, 0.2) is 24.4 Å². The van der Waals surface area contributed by atoms with Crippen molar-refractivity contribution < 1.29 is 5.11 Å². The van der Waals surface area contributed by atoms with E-state index in [2.05, 4.69) is 29.5 Å². The zero-order valence-electron chi connectivity index (χ0n) is 11.9. The molecule has 1 aromatic heterocycles. The number of phenolic OH excluding ortho intramolecular Hbond substituents is 1. The van der Waals surface area contributed by atoms with Crippen LogP contribution in [0.4, 0.5) is 0 Å². The zero-order chi connectivity index (χ0) is 13.7. The smallest absolute Gasteiger partial charge is 0.139 e. The fourth-order valence-corrected chi connectivity index (χ4v) is 3.82. The number of benzene rings is 1. The summed E-state index contributed by atoms with van der Waals surface area (Å²) in [5, 5.41) is 15.0. The number of aromatic hydroxyl groups is 1. The van der Waals surface area contributed by atoms with Crippen LogP contribution in [0.2, 0.25) is 0 Å². The Balaban J connectivity index is 1.72. The van der Waals surface area contributed by atoms with Crippen LogP contribution in [0.25, 0.3) is 10.9 Å². The Morgan fingerprint density at radius 2 is 2.05 bits per heavy atom. The summed E-state index contributed by atoms with van der Waals surface area (Å²) in [5.41, 5.74) is 2.26. The third-order valence-corrected chi connectivity index (χ3v) is 5.11. The number of H-pyrrole nitrogens is 1. The number of aromatic nitrogens is 1. The van der Waals surface area contributed by atoms with Crippen LogP contribution in [-0.4, -0.2) is 22.2 Å². The molecule has 4 rings (SSSR count). The van der Waals surface area contributed by atoms with E-state index in [1.807, 2.05) is 6.07 Å². The molecule has 3 atom stereocenters. The molecule has 2 fully saturated rings. The third-order valence-electron chi connectivity index (χ3n) is 5.11. The van der Waals surface area contributed by atoms with Crippen molar-refractivity contribution in [3.05, 3.63) is 30.0 Å². The van der Waals surface area contributed by atoms with Gasteiger partial charge in [0.05, 0.1) is 5.52 Å². The summed E-state index contributed by atoms with van der Waals surface area (Å²) in [6.07, 6.45) is 7.32. The van der Waals surface area contributed by atoms with Gasteiger partial charge < -0.3 is 15.4 Å². The van der Waals surface area contributed by atoms with E-state index in [1.165, 1.54) is 36.6 Å². The van der Waals surface area contributed by atoms with Gasteiger partial charge in [0.15, 0.2) is 0 Å². The van der Waals surface area contributed by atoms with Gasteiger partial charge >= 0.3 is 0 Å². The summed E-state index contributed by atoms with van der Waals surface area (Å²) in [7, 11) is 0. The van der Waals surface area contributed by atoms with Crippen molar-refractivity contribution in [3.63, 3.8) is 0 Å². The van der Waals surface area contributed by atoms with Crippen molar-refractivity contribution in [1.29, 1.82) is 0 Å². The van der Waals surface area contributed by atoms with Crippen LogP contribution in [0.5, 0.6) is 5.75 Å². The molecule has 3 heteroatoms. The predicted molar refractivity (Wildman–Crippen MR) is 81.0 cm³/mol. The standard InChI is InChI=1S/C17H22N2O/c1-10-5-8-13(16(10)19-11-6-7-11)14-9-18-17-12(14)3-2-4-15(17)20/h2-4,9-11,13,16,18-20H,5-8H2,1H3. The van der Waals surface area contributed by atoms with Gasteiger partial charge in [-0.3, -0.25) is 0 Å². The van der Waals surface area contributed by atoms with Crippen molar-refractivity contribution in [1.82, 2.24) is 10.3 Å². The topological polar surface area (TPSA) is 48.0 Å². The molecule has 2 aliphatic carbocycles. The van der Waals surface area contributed by atoms with E-state index in [4.69, 9.17) is 0 Å². The van der Waals surface area contributed by atoms with Crippen LogP contribution in [0.1, 0.15) is 44.1 Å². The number of rotatable bonds is 3. The van der Waals surface area contributed by atoms with Crippen molar-refractivity contribution in [2.75, 3.05) is 0 Å². The van der Waals surface area contributed by atoms with E-state index >= 15 is 0 Å². The van der Waals surface area contributed by atoms with Crippen molar-refractivity contribution in [3.8, 4) is 5.75 Å². The molecule has 2 aromatic rings. The molecule has 1 heterocycles. The molecule has 1 aromatic carbocycles. The Morgan fingerprint density at radius 3 is 2.85 bits per heavy atom. The molecule has 2 saturated carbocycles. The molecular weight excluding hydrogens is 248 g/mol. The lowest BCUT2D eigenvalue weighted by atomic mass is 9.91. The number of para-hydroxylation sites is 1. The Bertz CT molecular complexity index is 629. The van der Waals surface area contributed by atoms with Crippen molar-refractivity contribution >= 4 is 10.9 Å². The first-order chi connectivity index (χ1) is 9.74. The molecule has 3 nitrogen and oxygen atoms in total. The maximum absolute atomic E-state index is 9.95. The number of phenols is 1. The van der Waals surface area contributed by atoms with Gasteiger partial charge in [0, 0.05) is 29.6 Å². The Hall–Kier alpha value is -1.48. The van der Waals surface area contributed by atoms with Gasteiger partial charge in [0.1, 0.15) is 5.75 Å². The van der Waals surface area contributed by atoms with Gasteiger partial charge in [0.25, 0.3) is 0 Å². The second-order valence-electron chi connectivity index (χ2n) is 6.57. The first-order valence-corrected chi connectivity index (χ1v) is 7.79. The second kappa shape index (κ2) is 4.52. The number of hydrogen-bond acceptors (Lipinski definition) is 2. The number of nitrogens with one attached hydrogen (secondary N) is 2. The highest BCUT2D eigenvalue weighted by Crippen LogP contribution is 2.43. The quantitative estimate of drug-likeness (QED) is 0.799. The normalized spacial score (nSPS) is 30.1. The second-order valence-corrected chi connectivity index (χ2v) is 6.57. The van der Waals surface area contributed by atoms with E-state index < -0.39 is 0 Å². The lowest BCUT2D eigenvalue weighted by molar-refractivity contribution is 0.399. The van der Waals surface area contributed by atoms with Gasteiger partial charge in [-0.05, 0) is 43.2 Å². The minimum Gasteiger partial charge on any atom is -0.506 e. The fourth-order valence-electron chi connectivity index (χ4n) is 3.82. The minimum absolute atomic E-state index is 0.353. The van der Waals surface area contributed by atoms with Crippen LogP contribution in [0, 0.1) is 5.92 Å². The summed E-state index contributed by atoms with van der Waals surface area (Å²) in [5.74, 6) is 1.66. The van der Waals surface area contributed by atoms with Crippen LogP contribution in [-0.2, 0) is 0 Å². The van der Waals surface area contributed by atoms with Gasteiger partial charge in [0.2, 0.25) is 0 Å².